The summed E-state index contributed by atoms with van der Waals surface area (Å²) in [5.41, 5.74) is 3.72. The van der Waals surface area contributed by atoms with Crippen LogP contribution in [0.5, 0.6) is 0 Å². The molecule has 27 heavy (non-hydrogen) atoms. The molecular formula is C19H22FIN6. The first-order valence-electron chi connectivity index (χ1n) is 8.29. The van der Waals surface area contributed by atoms with Crippen LogP contribution >= 0.6 is 24.0 Å². The maximum absolute atomic E-state index is 13.3. The predicted molar refractivity (Wildman–Crippen MR) is 115 cm³/mol. The third-order valence-electron chi connectivity index (χ3n) is 3.99. The zero-order chi connectivity index (χ0) is 18.4. The van der Waals surface area contributed by atoms with Crippen molar-refractivity contribution >= 4 is 29.9 Å². The van der Waals surface area contributed by atoms with Crippen LogP contribution in [0, 0.1) is 12.7 Å². The van der Waals surface area contributed by atoms with E-state index in [0.29, 0.717) is 24.6 Å². The van der Waals surface area contributed by atoms with Gasteiger partial charge in [0.25, 0.3) is 0 Å². The van der Waals surface area contributed by atoms with Crippen LogP contribution < -0.4 is 10.6 Å². The van der Waals surface area contributed by atoms with Crippen LogP contribution in [0.1, 0.15) is 16.7 Å². The van der Waals surface area contributed by atoms with Crippen LogP contribution in [0.25, 0.3) is 5.69 Å². The summed E-state index contributed by atoms with van der Waals surface area (Å²) in [6.07, 6.45) is 3.17. The summed E-state index contributed by atoms with van der Waals surface area (Å²) in [5.74, 6) is 0.498. The highest BCUT2D eigenvalue weighted by Gasteiger charge is 2.02. The van der Waals surface area contributed by atoms with E-state index in [1.54, 1.807) is 31.0 Å². The van der Waals surface area contributed by atoms with Gasteiger partial charge in [-0.05, 0) is 41.8 Å². The average molecular weight is 480 g/mol. The minimum absolute atomic E-state index is 0. The van der Waals surface area contributed by atoms with E-state index in [2.05, 4.69) is 25.7 Å². The third kappa shape index (κ3) is 5.75. The molecule has 1 heterocycles. The zero-order valence-corrected chi connectivity index (χ0v) is 17.5. The molecule has 0 fully saturated rings. The highest BCUT2D eigenvalue weighted by Crippen LogP contribution is 2.09. The molecule has 0 aliphatic rings. The Kier molecular flexibility index (Phi) is 7.71. The molecule has 0 atom stereocenters. The number of nitrogens with zero attached hydrogens (tertiary/aromatic N) is 4. The second kappa shape index (κ2) is 10.0. The lowest BCUT2D eigenvalue weighted by molar-refractivity contribution is 0.617. The van der Waals surface area contributed by atoms with Crippen molar-refractivity contribution < 1.29 is 4.39 Å². The van der Waals surface area contributed by atoms with E-state index < -0.39 is 0 Å². The molecule has 2 aromatic carbocycles. The van der Waals surface area contributed by atoms with Crippen LogP contribution in [-0.4, -0.2) is 27.8 Å². The van der Waals surface area contributed by atoms with Gasteiger partial charge in [-0.1, -0.05) is 24.3 Å². The Morgan fingerprint density at radius 2 is 1.74 bits per heavy atom. The van der Waals surface area contributed by atoms with E-state index in [0.717, 1.165) is 16.8 Å². The normalized spacial score (nSPS) is 11.0. The van der Waals surface area contributed by atoms with Crippen molar-refractivity contribution in [2.24, 2.45) is 4.99 Å². The van der Waals surface area contributed by atoms with E-state index in [1.807, 2.05) is 30.3 Å². The fraction of sp³-hybridized carbons (Fsp3) is 0.211. The molecule has 0 saturated carbocycles. The van der Waals surface area contributed by atoms with Gasteiger partial charge in [0.05, 0.1) is 5.69 Å². The molecule has 8 heteroatoms. The quantitative estimate of drug-likeness (QED) is 0.335. The summed E-state index contributed by atoms with van der Waals surface area (Å²) in [6.45, 7) is 2.97. The minimum atomic E-state index is -0.189. The smallest absolute Gasteiger partial charge is 0.191 e. The van der Waals surface area contributed by atoms with Crippen molar-refractivity contribution in [2.45, 2.75) is 20.0 Å². The largest absolute Gasteiger partial charge is 0.352 e. The van der Waals surface area contributed by atoms with Crippen LogP contribution in [-0.2, 0) is 13.1 Å². The summed E-state index contributed by atoms with van der Waals surface area (Å²) in [6, 6.07) is 13.1. The highest BCUT2D eigenvalue weighted by molar-refractivity contribution is 14.0. The first-order chi connectivity index (χ1) is 12.7. The Morgan fingerprint density at radius 3 is 2.33 bits per heavy atom. The number of guanidine groups is 1. The summed E-state index contributed by atoms with van der Waals surface area (Å²) in [4.78, 5) is 8.16. The van der Waals surface area contributed by atoms with E-state index in [-0.39, 0.29) is 29.8 Å². The van der Waals surface area contributed by atoms with E-state index in [9.17, 15) is 4.39 Å². The molecular weight excluding hydrogens is 458 g/mol. The number of nitrogens with one attached hydrogen (secondary N) is 2. The molecule has 0 spiro atoms. The lowest BCUT2D eigenvalue weighted by Crippen LogP contribution is -2.36. The minimum Gasteiger partial charge on any atom is -0.352 e. The SMILES string of the molecule is CN=C(NCc1ccc(-n2cncn2)cc1)NCc1ccc(F)c(C)c1.I. The van der Waals surface area contributed by atoms with Crippen LogP contribution in [0.15, 0.2) is 60.1 Å². The lowest BCUT2D eigenvalue weighted by atomic mass is 10.1. The third-order valence-corrected chi connectivity index (χ3v) is 3.99. The van der Waals surface area contributed by atoms with Gasteiger partial charge in [-0.15, -0.1) is 24.0 Å². The van der Waals surface area contributed by atoms with Gasteiger partial charge in [0, 0.05) is 20.1 Å². The number of hydrogen-bond donors (Lipinski definition) is 2. The number of benzene rings is 2. The Bertz CT molecular complexity index is 878. The van der Waals surface area contributed by atoms with Gasteiger partial charge in [0.15, 0.2) is 5.96 Å². The number of halogens is 2. The Morgan fingerprint density at radius 1 is 1.07 bits per heavy atom. The van der Waals surface area contributed by atoms with Gasteiger partial charge in [0.1, 0.15) is 18.5 Å². The van der Waals surface area contributed by atoms with Crippen molar-refractivity contribution in [1.82, 2.24) is 25.4 Å². The van der Waals surface area contributed by atoms with Gasteiger partial charge < -0.3 is 10.6 Å². The van der Waals surface area contributed by atoms with E-state index in [4.69, 9.17) is 0 Å². The van der Waals surface area contributed by atoms with Crippen molar-refractivity contribution in [1.29, 1.82) is 0 Å². The summed E-state index contributed by atoms with van der Waals surface area (Å²) >= 11 is 0. The lowest BCUT2D eigenvalue weighted by Gasteiger charge is -2.13. The fourth-order valence-corrected chi connectivity index (χ4v) is 2.52. The Labute approximate surface area is 175 Å². The second-order valence-corrected chi connectivity index (χ2v) is 5.87. The van der Waals surface area contributed by atoms with Crippen LogP contribution in [0.2, 0.25) is 0 Å². The van der Waals surface area contributed by atoms with E-state index in [1.165, 1.54) is 12.4 Å². The number of aryl methyl sites for hydroxylation is 1. The molecule has 0 bridgehead atoms. The molecule has 2 N–H and O–H groups in total. The maximum Gasteiger partial charge on any atom is 0.191 e. The fourth-order valence-electron chi connectivity index (χ4n) is 2.52. The molecule has 6 nitrogen and oxygen atoms in total. The standard InChI is InChI=1S/C19H21FN6.HI/c1-14-9-16(5-8-18(14)20)11-24-19(21-2)23-10-15-3-6-17(7-4-15)26-13-22-12-25-26;/h3-9,12-13H,10-11H2,1-2H3,(H2,21,23,24);1H. The molecule has 1 aromatic heterocycles. The number of aliphatic imine (C=N–C) groups is 1. The molecule has 0 radical (unpaired) electrons. The highest BCUT2D eigenvalue weighted by atomic mass is 127. The molecule has 0 saturated heterocycles. The molecule has 0 aliphatic heterocycles. The predicted octanol–water partition coefficient (Wildman–Crippen LogP) is 3.20. The first-order valence-corrected chi connectivity index (χ1v) is 8.29. The monoisotopic (exact) mass is 480 g/mol. The van der Waals surface area contributed by atoms with Crippen LogP contribution in [0.3, 0.4) is 0 Å². The maximum atomic E-state index is 13.3. The van der Waals surface area contributed by atoms with Crippen LogP contribution in [0.4, 0.5) is 4.39 Å². The number of rotatable bonds is 5. The van der Waals surface area contributed by atoms with Crippen molar-refractivity contribution in [2.75, 3.05) is 7.05 Å². The number of hydrogen-bond acceptors (Lipinski definition) is 3. The van der Waals surface area contributed by atoms with Gasteiger partial charge in [-0.3, -0.25) is 4.99 Å². The molecule has 3 aromatic rings. The summed E-state index contributed by atoms with van der Waals surface area (Å²) < 4.78 is 15.0. The molecule has 0 amide bonds. The topological polar surface area (TPSA) is 67.1 Å². The molecule has 0 unspecified atom stereocenters. The van der Waals surface area contributed by atoms with E-state index >= 15 is 0 Å². The Balaban J connectivity index is 0.00000261. The molecule has 142 valence electrons. The van der Waals surface area contributed by atoms with Gasteiger partial charge in [-0.25, -0.2) is 14.1 Å². The van der Waals surface area contributed by atoms with Gasteiger partial charge in [-0.2, -0.15) is 5.10 Å². The molecule has 0 aliphatic carbocycles. The number of aromatic nitrogens is 3. The van der Waals surface area contributed by atoms with Crippen molar-refractivity contribution in [3.05, 3.63) is 77.6 Å². The van der Waals surface area contributed by atoms with Crippen molar-refractivity contribution in [3.63, 3.8) is 0 Å². The first kappa shape index (κ1) is 20.8. The zero-order valence-electron chi connectivity index (χ0n) is 15.2. The average Bonchev–Trinajstić information content (AvgIpc) is 3.20. The summed E-state index contributed by atoms with van der Waals surface area (Å²) in [7, 11) is 1.72. The summed E-state index contributed by atoms with van der Waals surface area (Å²) in [5, 5.41) is 10.6. The van der Waals surface area contributed by atoms with Gasteiger partial charge in [0.2, 0.25) is 0 Å². The molecule has 3 rings (SSSR count). The second-order valence-electron chi connectivity index (χ2n) is 5.87. The van der Waals surface area contributed by atoms with Gasteiger partial charge >= 0.3 is 0 Å². The Hall–Kier alpha value is -2.49. The van der Waals surface area contributed by atoms with Crippen molar-refractivity contribution in [3.8, 4) is 5.69 Å².